The molecular weight excluding hydrogens is 254 g/mol. The Morgan fingerprint density at radius 1 is 1.25 bits per heavy atom. The number of carbonyl (C=O) groups is 2. The molecule has 1 saturated heterocycles. The van der Waals surface area contributed by atoms with Gasteiger partial charge in [0, 0.05) is 24.9 Å². The third-order valence-electron chi connectivity index (χ3n) is 4.93. The Morgan fingerprint density at radius 2 is 1.85 bits per heavy atom. The summed E-state index contributed by atoms with van der Waals surface area (Å²) in [4.78, 5) is 25.5. The van der Waals surface area contributed by atoms with Crippen molar-refractivity contribution in [3.8, 4) is 0 Å². The maximum absolute atomic E-state index is 12.8. The van der Waals surface area contributed by atoms with Crippen molar-refractivity contribution in [1.82, 2.24) is 4.90 Å². The van der Waals surface area contributed by atoms with E-state index in [1.165, 1.54) is 6.42 Å². The second-order valence-electron chi connectivity index (χ2n) is 7.07. The summed E-state index contributed by atoms with van der Waals surface area (Å²) in [5, 5.41) is 8.84. The van der Waals surface area contributed by atoms with Crippen LogP contribution in [0.25, 0.3) is 0 Å². The Hall–Kier alpha value is -1.06. The number of carbonyl (C=O) groups excluding carboxylic acids is 1. The first-order chi connectivity index (χ1) is 9.43. The zero-order chi connectivity index (χ0) is 14.8. The highest BCUT2D eigenvalue weighted by Gasteiger charge is 2.46. The third kappa shape index (κ3) is 3.33. The van der Waals surface area contributed by atoms with E-state index in [9.17, 15) is 9.59 Å². The fourth-order valence-corrected chi connectivity index (χ4v) is 3.81. The number of hydrogen-bond acceptors (Lipinski definition) is 2. The summed E-state index contributed by atoms with van der Waals surface area (Å²) in [7, 11) is 0. The molecule has 2 fully saturated rings. The number of aliphatic carboxylic acids is 1. The summed E-state index contributed by atoms with van der Waals surface area (Å²) in [6.07, 6.45) is 6.19. The van der Waals surface area contributed by atoms with Crippen LogP contribution in [0, 0.1) is 17.3 Å². The Kier molecular flexibility index (Phi) is 4.71. The number of hydrogen-bond donors (Lipinski definition) is 1. The predicted molar refractivity (Wildman–Crippen MR) is 77.3 cm³/mol. The van der Waals surface area contributed by atoms with Crippen LogP contribution in [-0.4, -0.2) is 35.0 Å². The molecule has 1 heterocycles. The molecule has 114 valence electrons. The zero-order valence-electron chi connectivity index (χ0n) is 12.7. The lowest BCUT2D eigenvalue weighted by Crippen LogP contribution is -2.51. The molecule has 1 amide bonds. The molecule has 2 aliphatic rings. The Balaban J connectivity index is 1.89. The second-order valence-corrected chi connectivity index (χ2v) is 7.07. The minimum Gasteiger partial charge on any atom is -0.481 e. The summed E-state index contributed by atoms with van der Waals surface area (Å²) in [5.74, 6) is 0.430. The normalized spacial score (nSPS) is 22.6. The van der Waals surface area contributed by atoms with Gasteiger partial charge in [0.15, 0.2) is 0 Å². The maximum Gasteiger partial charge on any atom is 0.303 e. The van der Waals surface area contributed by atoms with Gasteiger partial charge in [0.1, 0.15) is 0 Å². The standard InChI is InChI=1S/C16H27NO3/c1-12(2)11-16(6-3-7-16)15(20)17-8-4-13(5-9-17)10-14(18)19/h12-13H,3-11H2,1-2H3,(H,18,19). The van der Waals surface area contributed by atoms with E-state index >= 15 is 0 Å². The molecule has 0 aromatic carbocycles. The number of likely N-dealkylation sites (tertiary alicyclic amines) is 1. The van der Waals surface area contributed by atoms with E-state index in [1.807, 2.05) is 4.90 Å². The number of carboxylic acids is 1. The molecule has 1 N–H and O–H groups in total. The number of carboxylic acid groups (broad SMARTS) is 1. The van der Waals surface area contributed by atoms with Gasteiger partial charge in [-0.15, -0.1) is 0 Å². The van der Waals surface area contributed by atoms with Crippen LogP contribution < -0.4 is 0 Å². The largest absolute Gasteiger partial charge is 0.481 e. The van der Waals surface area contributed by atoms with Crippen molar-refractivity contribution in [2.24, 2.45) is 17.3 Å². The highest BCUT2D eigenvalue weighted by molar-refractivity contribution is 5.83. The molecule has 4 heteroatoms. The van der Waals surface area contributed by atoms with Gasteiger partial charge >= 0.3 is 5.97 Å². The van der Waals surface area contributed by atoms with Crippen LogP contribution in [0.4, 0.5) is 0 Å². The quantitative estimate of drug-likeness (QED) is 0.843. The van der Waals surface area contributed by atoms with Crippen molar-refractivity contribution in [2.75, 3.05) is 13.1 Å². The van der Waals surface area contributed by atoms with Crippen LogP contribution in [0.3, 0.4) is 0 Å². The monoisotopic (exact) mass is 281 g/mol. The topological polar surface area (TPSA) is 57.6 Å². The average molecular weight is 281 g/mol. The smallest absolute Gasteiger partial charge is 0.303 e. The first kappa shape index (κ1) is 15.3. The van der Waals surface area contributed by atoms with Crippen LogP contribution in [-0.2, 0) is 9.59 Å². The van der Waals surface area contributed by atoms with E-state index in [0.717, 1.165) is 45.2 Å². The van der Waals surface area contributed by atoms with Gasteiger partial charge in [-0.2, -0.15) is 0 Å². The van der Waals surface area contributed by atoms with Gasteiger partial charge in [0.05, 0.1) is 0 Å². The van der Waals surface area contributed by atoms with Gasteiger partial charge in [-0.3, -0.25) is 9.59 Å². The minimum absolute atomic E-state index is 0.0895. The molecule has 1 saturated carbocycles. The molecule has 0 aromatic rings. The lowest BCUT2D eigenvalue weighted by molar-refractivity contribution is -0.150. The molecule has 0 atom stereocenters. The highest BCUT2D eigenvalue weighted by atomic mass is 16.4. The van der Waals surface area contributed by atoms with Gasteiger partial charge in [0.2, 0.25) is 5.91 Å². The molecule has 0 bridgehead atoms. The number of piperidine rings is 1. The van der Waals surface area contributed by atoms with Crippen LogP contribution in [0.15, 0.2) is 0 Å². The lowest BCUT2D eigenvalue weighted by Gasteiger charge is -2.46. The molecule has 0 spiro atoms. The van der Waals surface area contributed by atoms with Crippen LogP contribution in [0.5, 0.6) is 0 Å². The molecule has 0 unspecified atom stereocenters. The summed E-state index contributed by atoms with van der Waals surface area (Å²) >= 11 is 0. The van der Waals surface area contributed by atoms with Gasteiger partial charge in [0.25, 0.3) is 0 Å². The van der Waals surface area contributed by atoms with E-state index in [0.29, 0.717) is 11.8 Å². The Labute approximate surface area is 121 Å². The molecule has 20 heavy (non-hydrogen) atoms. The van der Waals surface area contributed by atoms with E-state index in [-0.39, 0.29) is 17.8 Å². The lowest BCUT2D eigenvalue weighted by atomic mass is 9.63. The van der Waals surface area contributed by atoms with E-state index < -0.39 is 5.97 Å². The Morgan fingerprint density at radius 3 is 2.25 bits per heavy atom. The number of rotatable bonds is 5. The van der Waals surface area contributed by atoms with E-state index in [2.05, 4.69) is 13.8 Å². The van der Waals surface area contributed by atoms with Crippen LogP contribution >= 0.6 is 0 Å². The fourth-order valence-electron chi connectivity index (χ4n) is 3.81. The van der Waals surface area contributed by atoms with Crippen molar-refractivity contribution < 1.29 is 14.7 Å². The van der Waals surface area contributed by atoms with Crippen molar-refractivity contribution in [3.63, 3.8) is 0 Å². The van der Waals surface area contributed by atoms with E-state index in [4.69, 9.17) is 5.11 Å². The highest BCUT2D eigenvalue weighted by Crippen LogP contribution is 2.47. The average Bonchev–Trinajstić information content (AvgIpc) is 2.33. The number of nitrogens with zero attached hydrogens (tertiary/aromatic N) is 1. The fraction of sp³-hybridized carbons (Fsp3) is 0.875. The molecule has 1 aliphatic carbocycles. The summed E-state index contributed by atoms with van der Waals surface area (Å²) in [6.45, 7) is 5.87. The van der Waals surface area contributed by atoms with Crippen molar-refractivity contribution in [1.29, 1.82) is 0 Å². The molecule has 0 radical (unpaired) electrons. The van der Waals surface area contributed by atoms with Gasteiger partial charge in [-0.1, -0.05) is 20.3 Å². The minimum atomic E-state index is -0.718. The van der Waals surface area contributed by atoms with E-state index in [1.54, 1.807) is 0 Å². The molecule has 2 rings (SSSR count). The zero-order valence-corrected chi connectivity index (χ0v) is 12.7. The summed E-state index contributed by atoms with van der Waals surface area (Å²) in [5.41, 5.74) is -0.0895. The number of amides is 1. The SMILES string of the molecule is CC(C)CC1(C(=O)N2CCC(CC(=O)O)CC2)CCC1. The Bertz CT molecular complexity index is 366. The van der Waals surface area contributed by atoms with Crippen molar-refractivity contribution in [3.05, 3.63) is 0 Å². The van der Waals surface area contributed by atoms with Crippen molar-refractivity contribution >= 4 is 11.9 Å². The molecular formula is C16H27NO3. The van der Waals surface area contributed by atoms with Crippen LogP contribution in [0.1, 0.15) is 58.8 Å². The maximum atomic E-state index is 12.8. The molecule has 4 nitrogen and oxygen atoms in total. The summed E-state index contributed by atoms with van der Waals surface area (Å²) < 4.78 is 0. The first-order valence-corrected chi connectivity index (χ1v) is 7.94. The second kappa shape index (κ2) is 6.15. The summed E-state index contributed by atoms with van der Waals surface area (Å²) in [6, 6.07) is 0. The van der Waals surface area contributed by atoms with Gasteiger partial charge in [-0.05, 0) is 43.9 Å². The van der Waals surface area contributed by atoms with Gasteiger partial charge < -0.3 is 10.0 Å². The van der Waals surface area contributed by atoms with Crippen molar-refractivity contribution in [2.45, 2.75) is 58.8 Å². The first-order valence-electron chi connectivity index (χ1n) is 7.94. The third-order valence-corrected chi connectivity index (χ3v) is 4.93. The predicted octanol–water partition coefficient (Wildman–Crippen LogP) is 2.92. The molecule has 0 aromatic heterocycles. The van der Waals surface area contributed by atoms with Gasteiger partial charge in [-0.25, -0.2) is 0 Å². The molecule has 1 aliphatic heterocycles. The van der Waals surface area contributed by atoms with Crippen LogP contribution in [0.2, 0.25) is 0 Å².